The first kappa shape index (κ1) is 20.3. The van der Waals surface area contributed by atoms with Crippen LogP contribution in [-0.2, 0) is 6.61 Å². The third kappa shape index (κ3) is 3.74. The molecule has 3 aromatic carbocycles. The largest absolute Gasteiger partial charge is 0.488 e. The van der Waals surface area contributed by atoms with E-state index < -0.39 is 11.3 Å². The van der Waals surface area contributed by atoms with Crippen molar-refractivity contribution in [3.05, 3.63) is 109 Å². The van der Waals surface area contributed by atoms with Crippen molar-refractivity contribution in [1.82, 2.24) is 0 Å². The van der Waals surface area contributed by atoms with Gasteiger partial charge in [0.1, 0.15) is 23.5 Å². The van der Waals surface area contributed by atoms with Gasteiger partial charge < -0.3 is 13.6 Å². The molecule has 0 bridgehead atoms. The van der Waals surface area contributed by atoms with Crippen molar-refractivity contribution in [2.75, 3.05) is 0 Å². The number of halogens is 1. The molecule has 0 unspecified atom stereocenters. The van der Waals surface area contributed by atoms with E-state index in [0.717, 1.165) is 15.4 Å². The molecule has 0 aliphatic heterocycles. The highest BCUT2D eigenvalue weighted by Crippen LogP contribution is 2.33. The Kier molecular flexibility index (Phi) is 5.15. The molecular weight excluding hydrogens is 472 g/mol. The summed E-state index contributed by atoms with van der Waals surface area (Å²) in [4.78, 5) is 25.1. The molecule has 158 valence electrons. The van der Waals surface area contributed by atoms with Gasteiger partial charge in [0.25, 0.3) is 0 Å². The first-order valence-electron chi connectivity index (χ1n) is 9.97. The van der Waals surface area contributed by atoms with E-state index in [4.69, 9.17) is 13.6 Å². The Labute approximate surface area is 191 Å². The van der Waals surface area contributed by atoms with E-state index in [1.807, 2.05) is 49.4 Å². The molecule has 0 radical (unpaired) electrons. The van der Waals surface area contributed by atoms with E-state index in [0.29, 0.717) is 45.6 Å². The van der Waals surface area contributed by atoms with Gasteiger partial charge in [0.05, 0.1) is 5.56 Å². The highest BCUT2D eigenvalue weighted by atomic mass is 79.9. The van der Waals surface area contributed by atoms with Gasteiger partial charge in [-0.15, -0.1) is 0 Å². The molecule has 0 saturated carbocycles. The van der Waals surface area contributed by atoms with E-state index in [2.05, 4.69) is 15.9 Å². The van der Waals surface area contributed by atoms with Crippen LogP contribution in [-0.4, -0.2) is 0 Å². The van der Waals surface area contributed by atoms with Crippen molar-refractivity contribution in [3.63, 3.8) is 0 Å². The minimum Gasteiger partial charge on any atom is -0.488 e. The first-order chi connectivity index (χ1) is 15.5. The predicted octanol–water partition coefficient (Wildman–Crippen LogP) is 6.22. The second-order valence-corrected chi connectivity index (χ2v) is 8.36. The zero-order valence-electron chi connectivity index (χ0n) is 17.1. The number of hydrogen-bond donors (Lipinski definition) is 0. The number of fused-ring (bicyclic) bond motifs is 2. The van der Waals surface area contributed by atoms with Crippen molar-refractivity contribution < 1.29 is 13.6 Å². The van der Waals surface area contributed by atoms with E-state index >= 15 is 0 Å². The lowest BCUT2D eigenvalue weighted by Crippen LogP contribution is -2.07. The van der Waals surface area contributed by atoms with Gasteiger partial charge in [-0.3, -0.25) is 0 Å². The van der Waals surface area contributed by atoms with Crippen molar-refractivity contribution in [3.8, 4) is 16.9 Å². The summed E-state index contributed by atoms with van der Waals surface area (Å²) in [5.74, 6) is 0.600. The predicted molar refractivity (Wildman–Crippen MR) is 127 cm³/mol. The summed E-state index contributed by atoms with van der Waals surface area (Å²) in [6.07, 6.45) is 0. The number of ether oxygens (including phenoxy) is 1. The van der Waals surface area contributed by atoms with Gasteiger partial charge in [-0.1, -0.05) is 46.3 Å². The molecule has 0 spiro atoms. The van der Waals surface area contributed by atoms with Crippen molar-refractivity contribution in [2.24, 2.45) is 0 Å². The van der Waals surface area contributed by atoms with Gasteiger partial charge >= 0.3 is 11.3 Å². The lowest BCUT2D eigenvalue weighted by atomic mass is 10.0. The number of para-hydroxylation sites is 1. The zero-order valence-corrected chi connectivity index (χ0v) is 18.6. The highest BCUT2D eigenvalue weighted by molar-refractivity contribution is 9.10. The molecule has 0 saturated heterocycles. The minimum atomic E-state index is -0.549. The molecule has 5 rings (SSSR count). The Hall–Kier alpha value is -3.64. The van der Waals surface area contributed by atoms with Crippen molar-refractivity contribution in [2.45, 2.75) is 13.5 Å². The van der Waals surface area contributed by atoms with E-state index in [1.54, 1.807) is 24.3 Å². The molecule has 0 N–H and O–H groups in total. The Balaban J connectivity index is 1.61. The van der Waals surface area contributed by atoms with Crippen LogP contribution >= 0.6 is 15.9 Å². The van der Waals surface area contributed by atoms with Crippen LogP contribution in [0.1, 0.15) is 11.1 Å². The van der Waals surface area contributed by atoms with Crippen LogP contribution in [0.3, 0.4) is 0 Å². The molecule has 6 heteroatoms. The molecule has 0 fully saturated rings. The van der Waals surface area contributed by atoms with E-state index in [1.165, 1.54) is 6.07 Å². The third-order valence-electron chi connectivity index (χ3n) is 5.33. The lowest BCUT2D eigenvalue weighted by molar-refractivity contribution is 0.304. The molecule has 0 aliphatic carbocycles. The second kappa shape index (κ2) is 8.13. The zero-order chi connectivity index (χ0) is 22.2. The van der Waals surface area contributed by atoms with E-state index in [9.17, 15) is 9.59 Å². The smallest absolute Gasteiger partial charge is 0.344 e. The van der Waals surface area contributed by atoms with E-state index in [-0.39, 0.29) is 0 Å². The van der Waals surface area contributed by atoms with Crippen LogP contribution in [0.2, 0.25) is 0 Å². The van der Waals surface area contributed by atoms with Gasteiger partial charge in [-0.05, 0) is 48.9 Å². The topological polar surface area (TPSA) is 69.7 Å². The normalized spacial score (nSPS) is 11.2. The Morgan fingerprint density at radius 3 is 2.56 bits per heavy atom. The molecule has 2 heterocycles. The quantitative estimate of drug-likeness (QED) is 0.281. The number of aryl methyl sites for hydroxylation is 1. The fourth-order valence-corrected chi connectivity index (χ4v) is 4.21. The summed E-state index contributed by atoms with van der Waals surface area (Å²) in [5.41, 5.74) is 2.28. The molecule has 0 atom stereocenters. The average molecular weight is 489 g/mol. The van der Waals surface area contributed by atoms with Crippen LogP contribution in [0, 0.1) is 6.92 Å². The molecule has 2 aromatic heterocycles. The Bertz CT molecular complexity index is 1600. The standard InChI is InChI=1S/C26H17BrO5/c1-15-22(30-14-16-5-4-7-18(27)11-16)10-9-19-20(13-24(28)32-25(15)19)21-12-17-6-2-3-8-23(17)31-26(21)29/h2-13H,14H2,1H3. The summed E-state index contributed by atoms with van der Waals surface area (Å²) in [6.45, 7) is 2.19. The third-order valence-corrected chi connectivity index (χ3v) is 5.82. The molecule has 5 nitrogen and oxygen atoms in total. The number of rotatable bonds is 4. The summed E-state index contributed by atoms with van der Waals surface area (Å²) in [5, 5.41) is 1.41. The average Bonchev–Trinajstić information content (AvgIpc) is 2.78. The number of hydrogen-bond acceptors (Lipinski definition) is 5. The molecule has 0 aliphatic rings. The maximum absolute atomic E-state index is 12.7. The SMILES string of the molecule is Cc1c(OCc2cccc(Br)c2)ccc2c(-c3cc4ccccc4oc3=O)cc(=O)oc12. The van der Waals surface area contributed by atoms with Gasteiger partial charge in [-0.2, -0.15) is 0 Å². The summed E-state index contributed by atoms with van der Waals surface area (Å²) in [6, 6.07) is 21.8. The number of benzene rings is 3. The Morgan fingerprint density at radius 1 is 0.875 bits per heavy atom. The first-order valence-corrected chi connectivity index (χ1v) is 10.8. The summed E-state index contributed by atoms with van der Waals surface area (Å²) >= 11 is 3.46. The summed E-state index contributed by atoms with van der Waals surface area (Å²) < 4.78 is 17.9. The van der Waals surface area contributed by atoms with Gasteiger partial charge in [0, 0.05) is 32.4 Å². The van der Waals surface area contributed by atoms with Crippen LogP contribution in [0.25, 0.3) is 33.1 Å². The maximum Gasteiger partial charge on any atom is 0.344 e. The molecule has 0 amide bonds. The van der Waals surface area contributed by atoms with Gasteiger partial charge in [-0.25, -0.2) is 9.59 Å². The second-order valence-electron chi connectivity index (χ2n) is 7.45. The van der Waals surface area contributed by atoms with Crippen LogP contribution < -0.4 is 16.0 Å². The fraction of sp³-hybridized carbons (Fsp3) is 0.0769. The highest BCUT2D eigenvalue weighted by Gasteiger charge is 2.16. The van der Waals surface area contributed by atoms with Crippen LogP contribution in [0.4, 0.5) is 0 Å². The van der Waals surface area contributed by atoms with Gasteiger partial charge in [0.15, 0.2) is 0 Å². The molecular formula is C26H17BrO5. The van der Waals surface area contributed by atoms with Gasteiger partial charge in [0.2, 0.25) is 0 Å². The Morgan fingerprint density at radius 2 is 1.72 bits per heavy atom. The lowest BCUT2D eigenvalue weighted by Gasteiger charge is -2.12. The monoisotopic (exact) mass is 488 g/mol. The molecule has 5 aromatic rings. The maximum atomic E-state index is 12.7. The van der Waals surface area contributed by atoms with Crippen molar-refractivity contribution in [1.29, 1.82) is 0 Å². The van der Waals surface area contributed by atoms with Crippen molar-refractivity contribution >= 4 is 37.9 Å². The summed E-state index contributed by atoms with van der Waals surface area (Å²) in [7, 11) is 0. The van der Waals surface area contributed by atoms with Crippen LogP contribution in [0.5, 0.6) is 5.75 Å². The minimum absolute atomic E-state index is 0.309. The molecule has 32 heavy (non-hydrogen) atoms. The van der Waals surface area contributed by atoms with Crippen LogP contribution in [0.15, 0.2) is 95.7 Å². The fourth-order valence-electron chi connectivity index (χ4n) is 3.76.